The van der Waals surface area contributed by atoms with Crippen molar-refractivity contribution in [2.24, 2.45) is 0 Å². The number of fused-ring (bicyclic) bond motifs is 1. The van der Waals surface area contributed by atoms with E-state index < -0.39 is 0 Å². The maximum atomic E-state index is 5.37. The molecule has 0 radical (unpaired) electrons. The highest BCUT2D eigenvalue weighted by molar-refractivity contribution is 7.99. The molecule has 2 heterocycles. The molecule has 0 spiro atoms. The summed E-state index contributed by atoms with van der Waals surface area (Å²) in [6, 6.07) is 12.6. The van der Waals surface area contributed by atoms with E-state index in [1.807, 2.05) is 23.9 Å². The Hall–Kier alpha value is -1.46. The molecule has 3 nitrogen and oxygen atoms in total. The smallest absolute Gasteiger partial charge is 0.167 e. The minimum absolute atomic E-state index is 0.295. The molecule has 2 aromatic rings. The van der Waals surface area contributed by atoms with E-state index in [4.69, 9.17) is 16.6 Å². The average Bonchev–Trinajstić information content (AvgIpc) is 2.99. The predicted octanol–water partition coefficient (Wildman–Crippen LogP) is 3.48. The molecule has 1 aliphatic rings. The third-order valence-electron chi connectivity index (χ3n) is 3.27. The summed E-state index contributed by atoms with van der Waals surface area (Å²) in [5, 5.41) is 7.26. The summed E-state index contributed by atoms with van der Waals surface area (Å²) in [5.41, 5.74) is 1.34. The van der Waals surface area contributed by atoms with E-state index in [1.54, 1.807) is 6.26 Å². The quantitative estimate of drug-likeness (QED) is 0.849. The van der Waals surface area contributed by atoms with Gasteiger partial charge in [-0.1, -0.05) is 18.2 Å². The Labute approximate surface area is 128 Å². The first-order valence-electron chi connectivity index (χ1n) is 6.61. The van der Waals surface area contributed by atoms with Crippen molar-refractivity contribution < 1.29 is 4.42 Å². The van der Waals surface area contributed by atoms with Crippen molar-refractivity contribution in [1.82, 2.24) is 10.6 Å². The van der Waals surface area contributed by atoms with E-state index in [0.29, 0.717) is 17.7 Å². The zero-order chi connectivity index (χ0) is 13.8. The Morgan fingerprint density at radius 2 is 2.20 bits per heavy atom. The molecule has 0 fully saturated rings. The molecule has 1 aromatic carbocycles. The van der Waals surface area contributed by atoms with Crippen molar-refractivity contribution in [2.75, 3.05) is 5.75 Å². The topological polar surface area (TPSA) is 37.2 Å². The molecule has 5 heteroatoms. The summed E-state index contributed by atoms with van der Waals surface area (Å²) >= 11 is 7.28. The van der Waals surface area contributed by atoms with E-state index >= 15 is 0 Å². The Bertz CT molecular complexity index is 583. The average molecular weight is 304 g/mol. The molecule has 2 N–H and O–H groups in total. The van der Waals surface area contributed by atoms with Crippen LogP contribution < -0.4 is 10.6 Å². The number of furan rings is 1. The number of rotatable bonds is 3. The number of hydrogen-bond donors (Lipinski definition) is 2. The largest absolute Gasteiger partial charge is 0.467 e. The van der Waals surface area contributed by atoms with Crippen LogP contribution in [0.15, 0.2) is 52.0 Å². The van der Waals surface area contributed by atoms with Crippen LogP contribution >= 0.6 is 24.0 Å². The monoisotopic (exact) mass is 304 g/mol. The minimum Gasteiger partial charge on any atom is -0.467 e. The molecule has 0 saturated heterocycles. The zero-order valence-corrected chi connectivity index (χ0v) is 12.6. The molecule has 20 heavy (non-hydrogen) atoms. The number of hydrogen-bond acceptors (Lipinski definition) is 3. The summed E-state index contributed by atoms with van der Waals surface area (Å²) in [7, 11) is 0. The van der Waals surface area contributed by atoms with Gasteiger partial charge in [0.1, 0.15) is 5.76 Å². The van der Waals surface area contributed by atoms with Crippen molar-refractivity contribution in [3.63, 3.8) is 0 Å². The molecule has 1 aromatic heterocycles. The van der Waals surface area contributed by atoms with Crippen molar-refractivity contribution in [3.05, 3.63) is 54.0 Å². The van der Waals surface area contributed by atoms with Crippen molar-refractivity contribution >= 4 is 29.1 Å². The normalized spacial score (nSPS) is 17.3. The standard InChI is InChI=1S/C15H16N2OS2/c19-15(16-10-11-4-3-8-18-11)17-13-7-9-20-14-6-2-1-5-12(13)14/h1-6,8,13H,7,9-10H2,(H2,16,17,19). The third kappa shape index (κ3) is 3.16. The number of benzene rings is 1. The second kappa shape index (κ2) is 6.33. The number of nitrogens with one attached hydrogen (secondary N) is 2. The fraction of sp³-hybridized carbons (Fsp3) is 0.267. The van der Waals surface area contributed by atoms with Gasteiger partial charge >= 0.3 is 0 Å². The molecule has 1 aliphatic heterocycles. The maximum absolute atomic E-state index is 5.37. The van der Waals surface area contributed by atoms with Crippen LogP contribution in [-0.2, 0) is 6.54 Å². The molecule has 0 bridgehead atoms. The molecule has 0 aliphatic carbocycles. The fourth-order valence-corrected chi connectivity index (χ4v) is 3.62. The Morgan fingerprint density at radius 1 is 1.30 bits per heavy atom. The third-order valence-corrected chi connectivity index (χ3v) is 4.65. The first-order chi connectivity index (χ1) is 9.83. The summed E-state index contributed by atoms with van der Waals surface area (Å²) in [4.78, 5) is 1.35. The van der Waals surface area contributed by atoms with Gasteiger partial charge in [-0.2, -0.15) is 0 Å². The van der Waals surface area contributed by atoms with E-state index in [9.17, 15) is 0 Å². The van der Waals surface area contributed by atoms with E-state index in [2.05, 4.69) is 34.9 Å². The van der Waals surface area contributed by atoms with Gasteiger partial charge in [0.2, 0.25) is 0 Å². The van der Waals surface area contributed by atoms with Gasteiger partial charge in [-0.05, 0) is 42.4 Å². The van der Waals surface area contributed by atoms with Crippen LogP contribution in [-0.4, -0.2) is 10.9 Å². The molecule has 0 saturated carbocycles. The van der Waals surface area contributed by atoms with Gasteiger partial charge in [-0.15, -0.1) is 11.8 Å². The van der Waals surface area contributed by atoms with Gasteiger partial charge in [0.15, 0.2) is 5.11 Å². The SMILES string of the molecule is S=C(NCc1ccco1)NC1CCSc2ccccc21. The molecular weight excluding hydrogens is 288 g/mol. The number of thioether (sulfide) groups is 1. The van der Waals surface area contributed by atoms with Crippen LogP contribution in [0.4, 0.5) is 0 Å². The highest BCUT2D eigenvalue weighted by Crippen LogP contribution is 2.35. The lowest BCUT2D eigenvalue weighted by atomic mass is 10.0. The summed E-state index contributed by atoms with van der Waals surface area (Å²) in [6.45, 7) is 0.613. The first kappa shape index (κ1) is 13.5. The van der Waals surface area contributed by atoms with Crippen LogP contribution in [0, 0.1) is 0 Å². The lowest BCUT2D eigenvalue weighted by Gasteiger charge is -2.27. The summed E-state index contributed by atoms with van der Waals surface area (Å²) in [5.74, 6) is 2.00. The van der Waals surface area contributed by atoms with Gasteiger partial charge in [-0.3, -0.25) is 0 Å². The highest BCUT2D eigenvalue weighted by atomic mass is 32.2. The number of thiocarbonyl (C=S) groups is 1. The Balaban J connectivity index is 1.59. The van der Waals surface area contributed by atoms with E-state index in [-0.39, 0.29) is 0 Å². The zero-order valence-electron chi connectivity index (χ0n) is 11.0. The van der Waals surface area contributed by atoms with Crippen LogP contribution in [0.2, 0.25) is 0 Å². The second-order valence-electron chi connectivity index (χ2n) is 4.63. The fourth-order valence-electron chi connectivity index (χ4n) is 2.28. The molecule has 104 valence electrons. The van der Waals surface area contributed by atoms with Crippen molar-refractivity contribution in [2.45, 2.75) is 23.9 Å². The van der Waals surface area contributed by atoms with Crippen molar-refractivity contribution in [1.29, 1.82) is 0 Å². The van der Waals surface area contributed by atoms with Crippen LogP contribution in [0.5, 0.6) is 0 Å². The predicted molar refractivity (Wildman–Crippen MR) is 85.8 cm³/mol. The van der Waals surface area contributed by atoms with E-state index in [1.165, 1.54) is 10.5 Å². The lowest BCUT2D eigenvalue weighted by molar-refractivity contribution is 0.500. The van der Waals surface area contributed by atoms with Gasteiger partial charge in [-0.25, -0.2) is 0 Å². The summed E-state index contributed by atoms with van der Waals surface area (Å²) < 4.78 is 5.28. The lowest BCUT2D eigenvalue weighted by Crippen LogP contribution is -2.38. The molecule has 0 amide bonds. The molecule has 3 rings (SSSR count). The van der Waals surface area contributed by atoms with Gasteiger partial charge in [0, 0.05) is 10.6 Å². The minimum atomic E-state index is 0.295. The van der Waals surface area contributed by atoms with Crippen LogP contribution in [0.25, 0.3) is 0 Å². The van der Waals surface area contributed by atoms with Crippen LogP contribution in [0.1, 0.15) is 23.8 Å². The Morgan fingerprint density at radius 3 is 3.05 bits per heavy atom. The summed E-state index contributed by atoms with van der Waals surface area (Å²) in [6.07, 6.45) is 2.76. The van der Waals surface area contributed by atoms with Gasteiger partial charge in [0.05, 0.1) is 18.8 Å². The molecular formula is C15H16N2OS2. The van der Waals surface area contributed by atoms with Gasteiger partial charge in [0.25, 0.3) is 0 Å². The van der Waals surface area contributed by atoms with Crippen molar-refractivity contribution in [3.8, 4) is 0 Å². The first-order valence-corrected chi connectivity index (χ1v) is 8.01. The maximum Gasteiger partial charge on any atom is 0.167 e. The second-order valence-corrected chi connectivity index (χ2v) is 6.18. The Kier molecular flexibility index (Phi) is 4.28. The van der Waals surface area contributed by atoms with E-state index in [0.717, 1.165) is 17.9 Å². The highest BCUT2D eigenvalue weighted by Gasteiger charge is 2.20. The van der Waals surface area contributed by atoms with Gasteiger partial charge < -0.3 is 15.1 Å². The molecule has 1 atom stereocenters. The molecule has 1 unspecified atom stereocenters. The van der Waals surface area contributed by atoms with Crippen LogP contribution in [0.3, 0.4) is 0 Å².